The molecule has 0 radical (unpaired) electrons. The van der Waals surface area contributed by atoms with Gasteiger partial charge < -0.3 is 23.5 Å². The first-order chi connectivity index (χ1) is 16.9. The van der Waals surface area contributed by atoms with Gasteiger partial charge in [0.2, 0.25) is 0 Å². The van der Waals surface area contributed by atoms with Gasteiger partial charge in [0.25, 0.3) is 8.32 Å². The van der Waals surface area contributed by atoms with Crippen LogP contribution in [0.15, 0.2) is 60.7 Å². The van der Waals surface area contributed by atoms with Crippen LogP contribution in [0.2, 0.25) is 5.04 Å². The van der Waals surface area contributed by atoms with Gasteiger partial charge >= 0.3 is 6.09 Å². The van der Waals surface area contributed by atoms with Gasteiger partial charge in [-0.2, -0.15) is 0 Å². The summed E-state index contributed by atoms with van der Waals surface area (Å²) in [4.78, 5) is 13.8. The summed E-state index contributed by atoms with van der Waals surface area (Å²) in [6, 6.07) is 21.2. The fraction of sp³-hybridized carbons (Fsp3) is 0.536. The first kappa shape index (κ1) is 27.4. The number of benzene rings is 2. The Bertz CT molecular complexity index is 826. The summed E-state index contributed by atoms with van der Waals surface area (Å²) < 4.78 is 23.4. The van der Waals surface area contributed by atoms with Crippen molar-refractivity contribution in [2.24, 2.45) is 0 Å². The number of rotatable bonds is 12. The summed E-state index contributed by atoms with van der Waals surface area (Å²) in [5, 5.41) is 2.48. The Morgan fingerprint density at radius 3 is 1.74 bits per heavy atom. The molecule has 6 nitrogen and oxygen atoms in total. The molecule has 3 rings (SSSR count). The highest BCUT2D eigenvalue weighted by Gasteiger charge is 2.49. The zero-order valence-corrected chi connectivity index (χ0v) is 22.5. The molecule has 1 amide bonds. The van der Waals surface area contributed by atoms with E-state index >= 15 is 0 Å². The quantitative estimate of drug-likeness (QED) is 0.323. The summed E-state index contributed by atoms with van der Waals surface area (Å²) in [5.41, 5.74) is 0. The highest BCUT2D eigenvalue weighted by molar-refractivity contribution is 6.99. The molecule has 1 saturated heterocycles. The molecule has 0 N–H and O–H groups in total. The van der Waals surface area contributed by atoms with Gasteiger partial charge in [-0.05, 0) is 34.7 Å². The summed E-state index contributed by atoms with van der Waals surface area (Å²) in [6.45, 7) is 11.0. The largest absolute Gasteiger partial charge is 0.447 e. The van der Waals surface area contributed by atoms with Crippen LogP contribution in [0.1, 0.15) is 40.0 Å². The van der Waals surface area contributed by atoms with E-state index in [0.29, 0.717) is 33.0 Å². The van der Waals surface area contributed by atoms with E-state index in [4.69, 9.17) is 18.6 Å². The standard InChI is InChI=1S/C28H41NO5Si/c1-28(2,3)35(25-13-7-4-8-14-25,26-15-9-5-10-16-26)34-24-22-32-20-19-31-21-23-33-27(30)29-17-11-6-12-18-29/h4-5,7-10,13-16H,6,11-12,17-24H2,1-3H3. The fourth-order valence-electron chi connectivity index (χ4n) is 4.69. The summed E-state index contributed by atoms with van der Waals surface area (Å²) in [6.07, 6.45) is 3.08. The number of hydrogen-bond acceptors (Lipinski definition) is 5. The maximum Gasteiger partial charge on any atom is 0.409 e. The average molecular weight is 500 g/mol. The van der Waals surface area contributed by atoms with Crippen molar-refractivity contribution in [3.05, 3.63) is 60.7 Å². The third kappa shape index (κ3) is 7.64. The fourth-order valence-corrected chi connectivity index (χ4v) is 9.24. The third-order valence-electron chi connectivity index (χ3n) is 6.40. The Balaban J connectivity index is 1.41. The van der Waals surface area contributed by atoms with Gasteiger partial charge in [-0.1, -0.05) is 81.4 Å². The molecule has 2 aromatic carbocycles. The predicted molar refractivity (Wildman–Crippen MR) is 142 cm³/mol. The lowest BCUT2D eigenvalue weighted by molar-refractivity contribution is 0.0146. The topological polar surface area (TPSA) is 57.2 Å². The Hall–Kier alpha value is -2.19. The molecule has 0 spiro atoms. The number of hydrogen-bond donors (Lipinski definition) is 0. The Morgan fingerprint density at radius 1 is 0.743 bits per heavy atom. The van der Waals surface area contributed by atoms with Crippen LogP contribution in [0.5, 0.6) is 0 Å². The van der Waals surface area contributed by atoms with Crippen LogP contribution in [-0.2, 0) is 18.6 Å². The zero-order valence-electron chi connectivity index (χ0n) is 21.5. The van der Waals surface area contributed by atoms with Crippen molar-refractivity contribution in [2.75, 3.05) is 52.7 Å². The number of likely N-dealkylation sites (tertiary alicyclic amines) is 1. The second-order valence-corrected chi connectivity index (χ2v) is 14.2. The summed E-state index contributed by atoms with van der Waals surface area (Å²) >= 11 is 0. The van der Waals surface area contributed by atoms with Crippen molar-refractivity contribution in [2.45, 2.75) is 45.1 Å². The number of carbonyl (C=O) groups is 1. The van der Waals surface area contributed by atoms with Crippen LogP contribution in [0.3, 0.4) is 0 Å². The molecule has 0 atom stereocenters. The van der Waals surface area contributed by atoms with Gasteiger partial charge in [-0.3, -0.25) is 0 Å². The minimum absolute atomic E-state index is 0.0511. The van der Waals surface area contributed by atoms with Crippen LogP contribution in [0.25, 0.3) is 0 Å². The van der Waals surface area contributed by atoms with E-state index in [1.807, 2.05) is 12.1 Å². The highest BCUT2D eigenvalue weighted by atomic mass is 28.4. The van der Waals surface area contributed by atoms with Crippen molar-refractivity contribution in [1.82, 2.24) is 4.90 Å². The van der Waals surface area contributed by atoms with Crippen molar-refractivity contribution in [3.63, 3.8) is 0 Å². The van der Waals surface area contributed by atoms with Gasteiger partial charge in [0.15, 0.2) is 0 Å². The molecule has 35 heavy (non-hydrogen) atoms. The van der Waals surface area contributed by atoms with Gasteiger partial charge in [-0.25, -0.2) is 4.79 Å². The minimum Gasteiger partial charge on any atom is -0.447 e. The summed E-state index contributed by atoms with van der Waals surface area (Å²) in [5.74, 6) is 0. The van der Waals surface area contributed by atoms with Crippen molar-refractivity contribution < 1.29 is 23.4 Å². The van der Waals surface area contributed by atoms with E-state index in [1.165, 1.54) is 16.8 Å². The zero-order chi connectivity index (χ0) is 25.0. The average Bonchev–Trinajstić information content (AvgIpc) is 2.88. The first-order valence-electron chi connectivity index (χ1n) is 12.8. The third-order valence-corrected chi connectivity index (χ3v) is 11.4. The first-order valence-corrected chi connectivity index (χ1v) is 14.7. The Kier molecular flexibility index (Phi) is 10.8. The lowest BCUT2D eigenvalue weighted by Crippen LogP contribution is -2.66. The smallest absolute Gasteiger partial charge is 0.409 e. The van der Waals surface area contributed by atoms with Crippen molar-refractivity contribution >= 4 is 24.8 Å². The molecule has 0 unspecified atom stereocenters. The maximum absolute atomic E-state index is 12.0. The normalized spacial score (nSPS) is 14.7. The molecule has 192 valence electrons. The number of amides is 1. The molecule has 2 aromatic rings. The molecular weight excluding hydrogens is 458 g/mol. The number of nitrogens with zero attached hydrogens (tertiary/aromatic N) is 1. The second-order valence-electron chi connectivity index (χ2n) is 9.90. The lowest BCUT2D eigenvalue weighted by Gasteiger charge is -2.43. The van der Waals surface area contributed by atoms with E-state index in [9.17, 15) is 4.79 Å². The van der Waals surface area contributed by atoms with Gasteiger partial charge in [0.1, 0.15) is 6.61 Å². The number of piperidine rings is 1. The SMILES string of the molecule is CC(C)(C)[Si](OCCOCCOCCOC(=O)N1CCCCC1)(c1ccccc1)c1ccccc1. The molecule has 0 saturated carbocycles. The number of ether oxygens (including phenoxy) is 3. The molecule has 0 aromatic heterocycles. The van der Waals surface area contributed by atoms with E-state index < -0.39 is 8.32 Å². The van der Waals surface area contributed by atoms with Crippen LogP contribution < -0.4 is 10.4 Å². The predicted octanol–water partition coefficient (Wildman–Crippen LogP) is 4.22. The van der Waals surface area contributed by atoms with Gasteiger partial charge in [0.05, 0.1) is 33.0 Å². The Morgan fingerprint density at radius 2 is 1.23 bits per heavy atom. The highest BCUT2D eigenvalue weighted by Crippen LogP contribution is 2.36. The number of carbonyl (C=O) groups excluding carboxylic acids is 1. The minimum atomic E-state index is -2.52. The van der Waals surface area contributed by atoms with Crippen LogP contribution in [0.4, 0.5) is 4.79 Å². The lowest BCUT2D eigenvalue weighted by atomic mass is 10.1. The Labute approximate surface area is 211 Å². The molecule has 0 aliphatic carbocycles. The molecule has 1 heterocycles. The molecular formula is C28H41NO5Si. The van der Waals surface area contributed by atoms with E-state index in [0.717, 1.165) is 25.9 Å². The second kappa shape index (κ2) is 13.8. The van der Waals surface area contributed by atoms with Crippen LogP contribution >= 0.6 is 0 Å². The van der Waals surface area contributed by atoms with E-state index in [-0.39, 0.29) is 17.7 Å². The summed E-state index contributed by atoms with van der Waals surface area (Å²) in [7, 11) is -2.52. The molecule has 1 aliphatic heterocycles. The van der Waals surface area contributed by atoms with Crippen molar-refractivity contribution in [1.29, 1.82) is 0 Å². The van der Waals surface area contributed by atoms with E-state index in [1.54, 1.807) is 4.90 Å². The van der Waals surface area contributed by atoms with Gasteiger partial charge in [-0.15, -0.1) is 0 Å². The molecule has 1 fully saturated rings. The van der Waals surface area contributed by atoms with Crippen LogP contribution in [0, 0.1) is 0 Å². The molecule has 7 heteroatoms. The van der Waals surface area contributed by atoms with Gasteiger partial charge in [0, 0.05) is 13.1 Å². The molecule has 1 aliphatic rings. The molecule has 0 bridgehead atoms. The maximum atomic E-state index is 12.0. The monoisotopic (exact) mass is 499 g/mol. The van der Waals surface area contributed by atoms with E-state index in [2.05, 4.69) is 69.3 Å². The van der Waals surface area contributed by atoms with Crippen molar-refractivity contribution in [3.8, 4) is 0 Å². The van der Waals surface area contributed by atoms with Crippen LogP contribution in [-0.4, -0.2) is 72.0 Å².